The summed E-state index contributed by atoms with van der Waals surface area (Å²) in [5.41, 5.74) is 1.13. The SMILES string of the molecule is CCCC1NC(=O)CN(CCc2ccncc2)C1=O. The molecule has 1 aromatic rings. The summed E-state index contributed by atoms with van der Waals surface area (Å²) in [4.78, 5) is 29.4. The fourth-order valence-electron chi connectivity index (χ4n) is 2.26. The second-order valence-electron chi connectivity index (χ2n) is 4.77. The van der Waals surface area contributed by atoms with Gasteiger partial charge in [0.25, 0.3) is 0 Å². The second-order valence-corrected chi connectivity index (χ2v) is 4.77. The van der Waals surface area contributed by atoms with Gasteiger partial charge in [0, 0.05) is 18.9 Å². The Kier molecular flexibility index (Phi) is 4.49. The molecule has 1 aliphatic rings. The molecule has 5 heteroatoms. The van der Waals surface area contributed by atoms with E-state index in [1.54, 1.807) is 17.3 Å². The minimum Gasteiger partial charge on any atom is -0.343 e. The van der Waals surface area contributed by atoms with Gasteiger partial charge < -0.3 is 10.2 Å². The molecule has 1 saturated heterocycles. The van der Waals surface area contributed by atoms with Crippen molar-refractivity contribution in [3.05, 3.63) is 30.1 Å². The smallest absolute Gasteiger partial charge is 0.245 e. The average Bonchev–Trinajstić information content (AvgIpc) is 2.42. The maximum Gasteiger partial charge on any atom is 0.245 e. The molecule has 2 amide bonds. The van der Waals surface area contributed by atoms with Crippen LogP contribution >= 0.6 is 0 Å². The van der Waals surface area contributed by atoms with E-state index in [0.717, 1.165) is 18.4 Å². The van der Waals surface area contributed by atoms with Crippen molar-refractivity contribution >= 4 is 11.8 Å². The van der Waals surface area contributed by atoms with Gasteiger partial charge in [-0.15, -0.1) is 0 Å². The molecule has 102 valence electrons. The molecule has 1 unspecified atom stereocenters. The predicted molar refractivity (Wildman–Crippen MR) is 71.4 cm³/mol. The fraction of sp³-hybridized carbons (Fsp3) is 0.500. The Hall–Kier alpha value is -1.91. The zero-order valence-electron chi connectivity index (χ0n) is 11.1. The van der Waals surface area contributed by atoms with Crippen molar-refractivity contribution in [1.82, 2.24) is 15.2 Å². The first-order valence-electron chi connectivity index (χ1n) is 6.67. The minimum absolute atomic E-state index is 0.0375. The summed E-state index contributed by atoms with van der Waals surface area (Å²) in [6.07, 6.45) is 5.81. The first kappa shape index (κ1) is 13.5. The lowest BCUT2D eigenvalue weighted by Crippen LogP contribution is -2.58. The number of hydrogen-bond acceptors (Lipinski definition) is 3. The van der Waals surface area contributed by atoms with Gasteiger partial charge in [0.15, 0.2) is 0 Å². The number of amides is 2. The van der Waals surface area contributed by atoms with Crippen molar-refractivity contribution in [1.29, 1.82) is 0 Å². The quantitative estimate of drug-likeness (QED) is 0.851. The number of rotatable bonds is 5. The first-order valence-corrected chi connectivity index (χ1v) is 6.67. The van der Waals surface area contributed by atoms with E-state index in [2.05, 4.69) is 10.3 Å². The van der Waals surface area contributed by atoms with E-state index in [1.807, 2.05) is 19.1 Å². The van der Waals surface area contributed by atoms with Gasteiger partial charge in [0.05, 0.1) is 6.54 Å². The Labute approximate surface area is 113 Å². The normalized spacial score (nSPS) is 19.4. The van der Waals surface area contributed by atoms with Gasteiger partial charge in [0.1, 0.15) is 6.04 Å². The highest BCUT2D eigenvalue weighted by Crippen LogP contribution is 2.09. The molecule has 0 saturated carbocycles. The third-order valence-corrected chi connectivity index (χ3v) is 3.28. The molecule has 0 aliphatic carbocycles. The van der Waals surface area contributed by atoms with Crippen LogP contribution in [0.3, 0.4) is 0 Å². The van der Waals surface area contributed by atoms with E-state index in [-0.39, 0.29) is 24.4 Å². The first-order chi connectivity index (χ1) is 9.20. The van der Waals surface area contributed by atoms with Crippen molar-refractivity contribution < 1.29 is 9.59 Å². The van der Waals surface area contributed by atoms with Crippen LogP contribution in [0, 0.1) is 0 Å². The van der Waals surface area contributed by atoms with Gasteiger partial charge in [-0.3, -0.25) is 14.6 Å². The standard InChI is InChI=1S/C14H19N3O2/c1-2-3-12-14(19)17(10-13(18)16-12)9-6-11-4-7-15-8-5-11/h4-5,7-8,12H,2-3,6,9-10H2,1H3,(H,16,18). The molecular formula is C14H19N3O2. The molecule has 5 nitrogen and oxygen atoms in total. The number of aromatic nitrogens is 1. The lowest BCUT2D eigenvalue weighted by atomic mass is 10.1. The molecule has 2 rings (SSSR count). The largest absolute Gasteiger partial charge is 0.343 e. The molecule has 1 fully saturated rings. The molecule has 0 aromatic carbocycles. The topological polar surface area (TPSA) is 62.3 Å². The Morgan fingerprint density at radius 3 is 2.79 bits per heavy atom. The van der Waals surface area contributed by atoms with Crippen molar-refractivity contribution in [2.45, 2.75) is 32.2 Å². The van der Waals surface area contributed by atoms with E-state index < -0.39 is 0 Å². The molecule has 19 heavy (non-hydrogen) atoms. The number of piperazine rings is 1. The van der Waals surface area contributed by atoms with Crippen LogP contribution in [0.4, 0.5) is 0 Å². The van der Waals surface area contributed by atoms with Gasteiger partial charge in [-0.2, -0.15) is 0 Å². The van der Waals surface area contributed by atoms with E-state index >= 15 is 0 Å². The number of hydrogen-bond donors (Lipinski definition) is 1. The van der Waals surface area contributed by atoms with E-state index in [1.165, 1.54) is 0 Å². The van der Waals surface area contributed by atoms with Crippen LogP contribution in [0.15, 0.2) is 24.5 Å². The number of carbonyl (C=O) groups is 2. The van der Waals surface area contributed by atoms with Gasteiger partial charge in [-0.25, -0.2) is 0 Å². The van der Waals surface area contributed by atoms with Crippen LogP contribution in [0.1, 0.15) is 25.3 Å². The minimum atomic E-state index is -0.344. The molecular weight excluding hydrogens is 242 g/mol. The molecule has 0 spiro atoms. The summed E-state index contributed by atoms with van der Waals surface area (Å²) >= 11 is 0. The van der Waals surface area contributed by atoms with Gasteiger partial charge in [-0.1, -0.05) is 13.3 Å². The number of pyridine rings is 1. The maximum absolute atomic E-state index is 12.2. The van der Waals surface area contributed by atoms with Crippen LogP contribution in [0.2, 0.25) is 0 Å². The molecule has 1 aliphatic heterocycles. The summed E-state index contributed by atoms with van der Waals surface area (Å²) in [6, 6.07) is 3.51. The molecule has 1 N–H and O–H groups in total. The van der Waals surface area contributed by atoms with Crippen molar-refractivity contribution in [3.8, 4) is 0 Å². The van der Waals surface area contributed by atoms with Crippen molar-refractivity contribution in [3.63, 3.8) is 0 Å². The maximum atomic E-state index is 12.2. The summed E-state index contributed by atoms with van der Waals surface area (Å²) < 4.78 is 0. The highest BCUT2D eigenvalue weighted by molar-refractivity contribution is 5.94. The Morgan fingerprint density at radius 1 is 1.37 bits per heavy atom. The molecule has 2 heterocycles. The number of nitrogens with one attached hydrogen (secondary N) is 1. The molecule has 0 radical (unpaired) electrons. The van der Waals surface area contributed by atoms with Crippen LogP contribution in [-0.2, 0) is 16.0 Å². The Balaban J connectivity index is 1.95. The molecule has 0 bridgehead atoms. The predicted octanol–water partition coefficient (Wildman–Crippen LogP) is 0.751. The zero-order chi connectivity index (χ0) is 13.7. The third-order valence-electron chi connectivity index (χ3n) is 3.28. The van der Waals surface area contributed by atoms with Crippen molar-refractivity contribution in [2.75, 3.05) is 13.1 Å². The van der Waals surface area contributed by atoms with Gasteiger partial charge in [0.2, 0.25) is 11.8 Å². The highest BCUT2D eigenvalue weighted by Gasteiger charge is 2.31. The van der Waals surface area contributed by atoms with E-state index in [4.69, 9.17) is 0 Å². The third kappa shape index (κ3) is 3.53. The van der Waals surface area contributed by atoms with Crippen LogP contribution in [0.5, 0.6) is 0 Å². The van der Waals surface area contributed by atoms with E-state index in [0.29, 0.717) is 13.0 Å². The van der Waals surface area contributed by atoms with Crippen molar-refractivity contribution in [2.24, 2.45) is 0 Å². The Bertz CT molecular complexity index is 447. The van der Waals surface area contributed by atoms with Gasteiger partial charge >= 0.3 is 0 Å². The average molecular weight is 261 g/mol. The fourth-order valence-corrected chi connectivity index (χ4v) is 2.26. The summed E-state index contributed by atoms with van der Waals surface area (Å²) in [6.45, 7) is 2.76. The highest BCUT2D eigenvalue weighted by atomic mass is 16.2. The lowest BCUT2D eigenvalue weighted by molar-refractivity contribution is -0.144. The summed E-state index contributed by atoms with van der Waals surface area (Å²) in [7, 11) is 0. The molecule has 1 aromatic heterocycles. The lowest BCUT2D eigenvalue weighted by Gasteiger charge is -2.32. The van der Waals surface area contributed by atoms with Crippen LogP contribution < -0.4 is 5.32 Å². The summed E-state index contributed by atoms with van der Waals surface area (Å²) in [5, 5.41) is 2.76. The molecule has 1 atom stereocenters. The van der Waals surface area contributed by atoms with E-state index in [9.17, 15) is 9.59 Å². The summed E-state index contributed by atoms with van der Waals surface area (Å²) in [5.74, 6) is -0.0247. The van der Waals surface area contributed by atoms with Crippen LogP contribution in [-0.4, -0.2) is 40.8 Å². The van der Waals surface area contributed by atoms with Gasteiger partial charge in [-0.05, 0) is 30.5 Å². The number of carbonyl (C=O) groups excluding carboxylic acids is 2. The Morgan fingerprint density at radius 2 is 2.11 bits per heavy atom. The monoisotopic (exact) mass is 261 g/mol. The second kappa shape index (κ2) is 6.31. The number of nitrogens with zero attached hydrogens (tertiary/aromatic N) is 2. The zero-order valence-corrected chi connectivity index (χ0v) is 11.1. The van der Waals surface area contributed by atoms with Crippen LogP contribution in [0.25, 0.3) is 0 Å².